The lowest BCUT2D eigenvalue weighted by Crippen LogP contribution is -2.42. The first kappa shape index (κ1) is 20.7. The smallest absolute Gasteiger partial charge is 0.123 e. The third kappa shape index (κ3) is 4.75. The molecule has 3 rings (SSSR count). The standard InChI is InChI=1S/C19H27FN4O.ClH/c1-14-19(15(2)24(22-14)11-12-25)13-21-17-7-9-23(10-8-17)18-5-3-16(20)4-6-18;/h3-6,17,21,25H,7-13H2,1-2H3;1H. The van der Waals surface area contributed by atoms with E-state index < -0.39 is 0 Å². The number of aryl methyl sites for hydroxylation is 1. The SMILES string of the molecule is Cc1nn(CCO)c(C)c1CNC1CCN(c2ccc(F)cc2)CC1.Cl. The number of hydrogen-bond acceptors (Lipinski definition) is 4. The maximum absolute atomic E-state index is 13.0. The molecule has 1 aromatic heterocycles. The number of aromatic nitrogens is 2. The Hall–Kier alpha value is -1.63. The second-order valence-corrected chi connectivity index (χ2v) is 6.71. The van der Waals surface area contributed by atoms with Gasteiger partial charge in [-0.05, 0) is 51.0 Å². The van der Waals surface area contributed by atoms with Gasteiger partial charge in [0.2, 0.25) is 0 Å². The van der Waals surface area contributed by atoms with Crippen LogP contribution in [0, 0.1) is 19.7 Å². The molecule has 0 radical (unpaired) electrons. The summed E-state index contributed by atoms with van der Waals surface area (Å²) in [5.74, 6) is -0.187. The second-order valence-electron chi connectivity index (χ2n) is 6.71. The van der Waals surface area contributed by atoms with Crippen LogP contribution in [0.15, 0.2) is 24.3 Å². The molecule has 5 nitrogen and oxygen atoms in total. The molecule has 2 heterocycles. The van der Waals surface area contributed by atoms with Gasteiger partial charge >= 0.3 is 0 Å². The van der Waals surface area contributed by atoms with Crippen LogP contribution >= 0.6 is 12.4 Å². The average molecular weight is 383 g/mol. The Morgan fingerprint density at radius 1 is 1.19 bits per heavy atom. The maximum atomic E-state index is 13.0. The summed E-state index contributed by atoms with van der Waals surface area (Å²) in [4.78, 5) is 2.31. The van der Waals surface area contributed by atoms with E-state index in [-0.39, 0.29) is 24.8 Å². The first-order chi connectivity index (χ1) is 12.1. The van der Waals surface area contributed by atoms with Gasteiger partial charge in [0.15, 0.2) is 0 Å². The summed E-state index contributed by atoms with van der Waals surface area (Å²) in [5, 5.41) is 17.3. The van der Waals surface area contributed by atoms with Crippen LogP contribution in [0.2, 0.25) is 0 Å². The maximum Gasteiger partial charge on any atom is 0.123 e. The van der Waals surface area contributed by atoms with Gasteiger partial charge in [0.25, 0.3) is 0 Å². The zero-order chi connectivity index (χ0) is 17.8. The lowest BCUT2D eigenvalue weighted by molar-refractivity contribution is 0.267. The molecular formula is C19H28ClFN4O. The molecule has 1 aliphatic rings. The molecule has 0 saturated carbocycles. The fourth-order valence-electron chi connectivity index (χ4n) is 3.54. The second kappa shape index (κ2) is 9.35. The third-order valence-electron chi connectivity index (χ3n) is 5.10. The largest absolute Gasteiger partial charge is 0.394 e. The van der Waals surface area contributed by atoms with E-state index in [1.54, 1.807) is 0 Å². The predicted octanol–water partition coefficient (Wildman–Crippen LogP) is 2.81. The number of aliphatic hydroxyl groups excluding tert-OH is 1. The van der Waals surface area contributed by atoms with E-state index >= 15 is 0 Å². The number of nitrogens with zero attached hydrogens (tertiary/aromatic N) is 3. The predicted molar refractivity (Wildman–Crippen MR) is 105 cm³/mol. The van der Waals surface area contributed by atoms with Crippen molar-refractivity contribution in [3.63, 3.8) is 0 Å². The van der Waals surface area contributed by atoms with E-state index in [9.17, 15) is 4.39 Å². The molecule has 0 atom stereocenters. The highest BCUT2D eigenvalue weighted by Gasteiger charge is 2.20. The van der Waals surface area contributed by atoms with Crippen molar-refractivity contribution in [2.75, 3.05) is 24.6 Å². The molecule has 144 valence electrons. The summed E-state index contributed by atoms with van der Waals surface area (Å²) >= 11 is 0. The van der Waals surface area contributed by atoms with E-state index in [0.717, 1.165) is 49.6 Å². The van der Waals surface area contributed by atoms with Gasteiger partial charge in [-0.1, -0.05) is 0 Å². The Balaban J connectivity index is 0.00000243. The molecule has 2 N–H and O–H groups in total. The van der Waals surface area contributed by atoms with Crippen molar-refractivity contribution in [1.82, 2.24) is 15.1 Å². The van der Waals surface area contributed by atoms with Crippen molar-refractivity contribution in [3.8, 4) is 0 Å². The number of piperidine rings is 1. The topological polar surface area (TPSA) is 53.3 Å². The average Bonchev–Trinajstić information content (AvgIpc) is 2.88. The van der Waals surface area contributed by atoms with Crippen molar-refractivity contribution >= 4 is 18.1 Å². The van der Waals surface area contributed by atoms with Crippen molar-refractivity contribution < 1.29 is 9.50 Å². The highest BCUT2D eigenvalue weighted by atomic mass is 35.5. The van der Waals surface area contributed by atoms with Gasteiger partial charge < -0.3 is 15.3 Å². The van der Waals surface area contributed by atoms with E-state index in [1.165, 1.54) is 17.7 Å². The first-order valence-corrected chi connectivity index (χ1v) is 8.96. The van der Waals surface area contributed by atoms with Gasteiger partial charge in [-0.2, -0.15) is 5.10 Å². The van der Waals surface area contributed by atoms with Crippen molar-refractivity contribution in [2.24, 2.45) is 0 Å². The summed E-state index contributed by atoms with van der Waals surface area (Å²) in [6.45, 7) is 7.50. The Kier molecular flexibility index (Phi) is 7.43. The minimum atomic E-state index is -0.187. The number of rotatable bonds is 6. The van der Waals surface area contributed by atoms with Crippen LogP contribution < -0.4 is 10.2 Å². The highest BCUT2D eigenvalue weighted by Crippen LogP contribution is 2.21. The number of aliphatic hydroxyl groups is 1. The molecule has 7 heteroatoms. The Morgan fingerprint density at radius 3 is 2.46 bits per heavy atom. The van der Waals surface area contributed by atoms with Gasteiger partial charge in [0.05, 0.1) is 18.8 Å². The molecule has 1 aromatic carbocycles. The lowest BCUT2D eigenvalue weighted by Gasteiger charge is -2.34. The quantitative estimate of drug-likeness (QED) is 0.806. The molecule has 1 fully saturated rings. The number of nitrogens with one attached hydrogen (secondary N) is 1. The van der Waals surface area contributed by atoms with E-state index in [4.69, 9.17) is 5.11 Å². The van der Waals surface area contributed by atoms with Crippen LogP contribution in [-0.4, -0.2) is 40.6 Å². The van der Waals surface area contributed by atoms with Crippen LogP contribution in [0.1, 0.15) is 29.8 Å². The normalized spacial score (nSPS) is 15.2. The molecule has 2 aromatic rings. The minimum absolute atomic E-state index is 0. The summed E-state index contributed by atoms with van der Waals surface area (Å²) in [6.07, 6.45) is 2.14. The lowest BCUT2D eigenvalue weighted by atomic mass is 10.0. The van der Waals surface area contributed by atoms with Gasteiger partial charge in [-0.15, -0.1) is 12.4 Å². The fraction of sp³-hybridized carbons (Fsp3) is 0.526. The fourth-order valence-corrected chi connectivity index (χ4v) is 3.54. The molecule has 0 aliphatic carbocycles. The minimum Gasteiger partial charge on any atom is -0.394 e. The van der Waals surface area contributed by atoms with Gasteiger partial charge in [-0.3, -0.25) is 4.68 Å². The summed E-state index contributed by atoms with van der Waals surface area (Å²) in [6, 6.07) is 7.23. The molecular weight excluding hydrogens is 355 g/mol. The summed E-state index contributed by atoms with van der Waals surface area (Å²) < 4.78 is 14.9. The molecule has 0 spiro atoms. The molecule has 1 saturated heterocycles. The van der Waals surface area contributed by atoms with Crippen molar-refractivity contribution in [1.29, 1.82) is 0 Å². The number of hydrogen-bond donors (Lipinski definition) is 2. The van der Waals surface area contributed by atoms with Gasteiger partial charge in [0, 0.05) is 42.6 Å². The zero-order valence-corrected chi connectivity index (χ0v) is 16.2. The molecule has 1 aliphatic heterocycles. The Morgan fingerprint density at radius 2 is 1.85 bits per heavy atom. The molecule has 0 amide bonds. The Bertz CT molecular complexity index is 696. The number of halogens is 2. The van der Waals surface area contributed by atoms with Crippen LogP contribution in [0.4, 0.5) is 10.1 Å². The van der Waals surface area contributed by atoms with Gasteiger partial charge in [0.1, 0.15) is 5.82 Å². The van der Waals surface area contributed by atoms with Crippen LogP contribution in [-0.2, 0) is 13.1 Å². The van der Waals surface area contributed by atoms with Crippen LogP contribution in [0.5, 0.6) is 0 Å². The van der Waals surface area contributed by atoms with Crippen LogP contribution in [0.3, 0.4) is 0 Å². The summed E-state index contributed by atoms with van der Waals surface area (Å²) in [7, 11) is 0. The van der Waals surface area contributed by atoms with Crippen molar-refractivity contribution in [3.05, 3.63) is 47.0 Å². The number of anilines is 1. The monoisotopic (exact) mass is 382 g/mol. The highest BCUT2D eigenvalue weighted by molar-refractivity contribution is 5.85. The van der Waals surface area contributed by atoms with E-state index in [2.05, 4.69) is 22.2 Å². The van der Waals surface area contributed by atoms with Crippen molar-refractivity contribution in [2.45, 2.75) is 45.8 Å². The zero-order valence-electron chi connectivity index (χ0n) is 15.4. The van der Waals surface area contributed by atoms with E-state index in [0.29, 0.717) is 12.6 Å². The summed E-state index contributed by atoms with van der Waals surface area (Å²) in [5.41, 5.74) is 4.48. The van der Waals surface area contributed by atoms with Crippen LogP contribution in [0.25, 0.3) is 0 Å². The first-order valence-electron chi connectivity index (χ1n) is 8.96. The van der Waals surface area contributed by atoms with Gasteiger partial charge in [-0.25, -0.2) is 4.39 Å². The molecule has 0 bridgehead atoms. The Labute approximate surface area is 160 Å². The third-order valence-corrected chi connectivity index (χ3v) is 5.10. The molecule has 0 unspecified atom stereocenters. The number of benzene rings is 1. The van der Waals surface area contributed by atoms with E-state index in [1.807, 2.05) is 23.7 Å². The molecule has 26 heavy (non-hydrogen) atoms.